The summed E-state index contributed by atoms with van der Waals surface area (Å²) in [6.07, 6.45) is 6.39. The maximum atomic E-state index is 13.9. The highest BCUT2D eigenvalue weighted by Gasteiger charge is 2.20. The lowest BCUT2D eigenvalue weighted by molar-refractivity contribution is 0.103. The molecule has 24 heavy (non-hydrogen) atoms. The molecule has 0 aliphatic heterocycles. The molecule has 0 atom stereocenters. The lowest BCUT2D eigenvalue weighted by atomic mass is 10.1. The van der Waals surface area contributed by atoms with Gasteiger partial charge in [0.25, 0.3) is 0 Å². The molecular formula is C18H11FN4O. The van der Waals surface area contributed by atoms with Gasteiger partial charge in [0.05, 0.1) is 23.0 Å². The molecule has 0 saturated carbocycles. The Balaban J connectivity index is 1.88. The first-order valence-corrected chi connectivity index (χ1v) is 7.28. The van der Waals surface area contributed by atoms with Crippen LogP contribution in [-0.4, -0.2) is 25.4 Å². The van der Waals surface area contributed by atoms with E-state index in [9.17, 15) is 9.18 Å². The molecular weight excluding hydrogens is 307 g/mol. The Morgan fingerprint density at radius 2 is 1.83 bits per heavy atom. The molecule has 0 saturated heterocycles. The molecule has 0 fully saturated rings. The van der Waals surface area contributed by atoms with Crippen LogP contribution in [0.3, 0.4) is 0 Å². The van der Waals surface area contributed by atoms with E-state index in [0.29, 0.717) is 5.65 Å². The van der Waals surface area contributed by atoms with E-state index in [2.05, 4.69) is 15.1 Å². The molecule has 1 aromatic carbocycles. The summed E-state index contributed by atoms with van der Waals surface area (Å²) in [6, 6.07) is 11.4. The largest absolute Gasteiger partial charge is 0.288 e. The monoisotopic (exact) mass is 318 g/mol. The molecule has 4 rings (SSSR count). The number of carbonyl (C=O) groups is 1. The number of halogens is 1. The molecule has 0 N–H and O–H groups in total. The van der Waals surface area contributed by atoms with Crippen molar-refractivity contribution in [2.45, 2.75) is 0 Å². The third kappa shape index (κ3) is 2.25. The predicted molar refractivity (Wildman–Crippen MR) is 86.1 cm³/mol. The Bertz CT molecular complexity index is 1040. The zero-order chi connectivity index (χ0) is 16.5. The summed E-state index contributed by atoms with van der Waals surface area (Å²) in [7, 11) is 0. The SMILES string of the molecule is O=C(c1ccccc1F)c1cnn2c(-c3cccnc3)ccnc12. The van der Waals surface area contributed by atoms with Crippen LogP contribution in [0.15, 0.2) is 67.3 Å². The van der Waals surface area contributed by atoms with Crippen LogP contribution in [-0.2, 0) is 0 Å². The highest BCUT2D eigenvalue weighted by atomic mass is 19.1. The van der Waals surface area contributed by atoms with Gasteiger partial charge in [-0.2, -0.15) is 5.10 Å². The summed E-state index contributed by atoms with van der Waals surface area (Å²) in [4.78, 5) is 21.0. The molecule has 6 heteroatoms. The number of benzene rings is 1. The zero-order valence-electron chi connectivity index (χ0n) is 12.4. The van der Waals surface area contributed by atoms with Crippen LogP contribution >= 0.6 is 0 Å². The summed E-state index contributed by atoms with van der Waals surface area (Å²) in [5.74, 6) is -1.01. The van der Waals surface area contributed by atoms with E-state index < -0.39 is 11.6 Å². The van der Waals surface area contributed by atoms with E-state index in [1.807, 2.05) is 12.1 Å². The molecule has 0 amide bonds. The first-order chi connectivity index (χ1) is 11.8. The van der Waals surface area contributed by atoms with Crippen molar-refractivity contribution >= 4 is 11.4 Å². The van der Waals surface area contributed by atoms with Gasteiger partial charge in [0.1, 0.15) is 5.82 Å². The molecule has 3 heterocycles. The Labute approximate surface area is 136 Å². The van der Waals surface area contributed by atoms with Crippen molar-refractivity contribution in [3.05, 3.63) is 84.2 Å². The Kier molecular flexibility index (Phi) is 3.35. The second kappa shape index (κ2) is 5.66. The fraction of sp³-hybridized carbons (Fsp3) is 0. The smallest absolute Gasteiger partial charge is 0.201 e. The number of hydrogen-bond acceptors (Lipinski definition) is 4. The van der Waals surface area contributed by atoms with E-state index in [0.717, 1.165) is 11.3 Å². The van der Waals surface area contributed by atoms with Gasteiger partial charge >= 0.3 is 0 Å². The average molecular weight is 318 g/mol. The maximum absolute atomic E-state index is 13.9. The maximum Gasteiger partial charge on any atom is 0.201 e. The molecule has 0 unspecified atom stereocenters. The van der Waals surface area contributed by atoms with Crippen LogP contribution in [0.5, 0.6) is 0 Å². The molecule has 0 spiro atoms. The van der Waals surface area contributed by atoms with Gasteiger partial charge in [0.2, 0.25) is 5.78 Å². The third-order valence-corrected chi connectivity index (χ3v) is 3.72. The molecule has 116 valence electrons. The molecule has 0 bridgehead atoms. The third-order valence-electron chi connectivity index (χ3n) is 3.72. The Hall–Kier alpha value is -3.41. The summed E-state index contributed by atoms with van der Waals surface area (Å²) < 4.78 is 15.5. The predicted octanol–water partition coefficient (Wildman–Crippen LogP) is 3.16. The van der Waals surface area contributed by atoms with Gasteiger partial charge in [-0.1, -0.05) is 12.1 Å². The second-order valence-electron chi connectivity index (χ2n) is 5.17. The minimum Gasteiger partial charge on any atom is -0.288 e. The van der Waals surface area contributed by atoms with Crippen LogP contribution in [0, 0.1) is 5.82 Å². The van der Waals surface area contributed by atoms with Crippen molar-refractivity contribution in [1.82, 2.24) is 19.6 Å². The Morgan fingerprint density at radius 1 is 0.958 bits per heavy atom. The van der Waals surface area contributed by atoms with Crippen molar-refractivity contribution in [3.8, 4) is 11.3 Å². The van der Waals surface area contributed by atoms with Crippen LogP contribution in [0.4, 0.5) is 4.39 Å². The molecule has 5 nitrogen and oxygen atoms in total. The number of hydrogen-bond donors (Lipinski definition) is 0. The lowest BCUT2D eigenvalue weighted by Gasteiger charge is -2.04. The van der Waals surface area contributed by atoms with Crippen molar-refractivity contribution in [2.24, 2.45) is 0 Å². The minimum atomic E-state index is -0.565. The van der Waals surface area contributed by atoms with Crippen LogP contribution in [0.2, 0.25) is 0 Å². The van der Waals surface area contributed by atoms with Gasteiger partial charge in [-0.05, 0) is 30.3 Å². The zero-order valence-corrected chi connectivity index (χ0v) is 12.4. The normalized spacial score (nSPS) is 10.9. The second-order valence-corrected chi connectivity index (χ2v) is 5.17. The number of nitrogens with zero attached hydrogens (tertiary/aromatic N) is 4. The summed E-state index contributed by atoms with van der Waals surface area (Å²) >= 11 is 0. The molecule has 0 radical (unpaired) electrons. The molecule has 0 aliphatic rings. The average Bonchev–Trinajstić information content (AvgIpc) is 3.06. The fourth-order valence-electron chi connectivity index (χ4n) is 2.57. The summed E-state index contributed by atoms with van der Waals surface area (Å²) in [5, 5.41) is 4.25. The highest BCUT2D eigenvalue weighted by molar-refractivity contribution is 6.12. The van der Waals surface area contributed by atoms with E-state index in [-0.39, 0.29) is 11.1 Å². The lowest BCUT2D eigenvalue weighted by Crippen LogP contribution is -2.05. The van der Waals surface area contributed by atoms with Gasteiger partial charge in [-0.15, -0.1) is 0 Å². The van der Waals surface area contributed by atoms with E-state index in [4.69, 9.17) is 0 Å². The van der Waals surface area contributed by atoms with Gasteiger partial charge < -0.3 is 0 Å². The number of aromatic nitrogens is 4. The van der Waals surface area contributed by atoms with E-state index >= 15 is 0 Å². The number of carbonyl (C=O) groups excluding carboxylic acids is 1. The van der Waals surface area contributed by atoms with Crippen LogP contribution in [0.1, 0.15) is 15.9 Å². The van der Waals surface area contributed by atoms with Crippen molar-refractivity contribution in [3.63, 3.8) is 0 Å². The molecule has 4 aromatic rings. The van der Waals surface area contributed by atoms with Crippen molar-refractivity contribution in [1.29, 1.82) is 0 Å². The topological polar surface area (TPSA) is 60.2 Å². The van der Waals surface area contributed by atoms with E-state index in [1.54, 1.807) is 41.3 Å². The number of pyridine rings is 1. The first kappa shape index (κ1) is 14.2. The van der Waals surface area contributed by atoms with Gasteiger partial charge in [-0.25, -0.2) is 13.9 Å². The fourth-order valence-corrected chi connectivity index (χ4v) is 2.57. The van der Waals surface area contributed by atoms with Crippen LogP contribution < -0.4 is 0 Å². The molecule has 0 aliphatic carbocycles. The molecule has 3 aromatic heterocycles. The standard InChI is InChI=1S/C18H11FN4O/c19-15-6-2-1-5-13(15)17(24)14-11-22-23-16(7-9-21-18(14)23)12-4-3-8-20-10-12/h1-11H. The van der Waals surface area contributed by atoms with Crippen molar-refractivity contribution in [2.75, 3.05) is 0 Å². The Morgan fingerprint density at radius 3 is 2.62 bits per heavy atom. The van der Waals surface area contributed by atoms with Gasteiger partial charge in [0.15, 0.2) is 5.65 Å². The number of rotatable bonds is 3. The summed E-state index contributed by atoms with van der Waals surface area (Å²) in [5.41, 5.74) is 2.23. The highest BCUT2D eigenvalue weighted by Crippen LogP contribution is 2.22. The summed E-state index contributed by atoms with van der Waals surface area (Å²) in [6.45, 7) is 0. The van der Waals surface area contributed by atoms with Crippen molar-refractivity contribution < 1.29 is 9.18 Å². The van der Waals surface area contributed by atoms with E-state index in [1.165, 1.54) is 18.3 Å². The number of fused-ring (bicyclic) bond motifs is 1. The van der Waals surface area contributed by atoms with Crippen LogP contribution in [0.25, 0.3) is 16.9 Å². The van der Waals surface area contributed by atoms with Gasteiger partial charge in [0, 0.05) is 24.2 Å². The van der Waals surface area contributed by atoms with Gasteiger partial charge in [-0.3, -0.25) is 9.78 Å². The first-order valence-electron chi connectivity index (χ1n) is 7.28. The quantitative estimate of drug-likeness (QED) is 0.544. The minimum absolute atomic E-state index is 0.000908. The number of ketones is 1.